The van der Waals surface area contributed by atoms with E-state index in [9.17, 15) is 9.59 Å². The summed E-state index contributed by atoms with van der Waals surface area (Å²) < 4.78 is 14.4. The summed E-state index contributed by atoms with van der Waals surface area (Å²) in [6.45, 7) is 10.1. The number of aryl methyl sites for hydroxylation is 1. The number of ether oxygens (including phenoxy) is 2. The van der Waals surface area contributed by atoms with Crippen LogP contribution in [0.2, 0.25) is 0 Å². The number of fused-ring (bicyclic) bond motifs is 6. The van der Waals surface area contributed by atoms with Crippen molar-refractivity contribution in [2.75, 3.05) is 20.2 Å². The van der Waals surface area contributed by atoms with Crippen molar-refractivity contribution in [1.82, 2.24) is 14.5 Å². The van der Waals surface area contributed by atoms with Crippen LogP contribution in [0, 0.1) is 5.92 Å². The predicted octanol–water partition coefficient (Wildman–Crippen LogP) is 6.47. The topological polar surface area (TPSA) is 99.7 Å². The number of hydrogen-bond donors (Lipinski definition) is 1. The largest absolute Gasteiger partial charge is 0.459 e. The average Bonchev–Trinajstić information content (AvgIpc) is 3.34. The van der Waals surface area contributed by atoms with Gasteiger partial charge in [0, 0.05) is 55.8 Å². The van der Waals surface area contributed by atoms with Gasteiger partial charge >= 0.3 is 5.97 Å². The van der Waals surface area contributed by atoms with Crippen molar-refractivity contribution in [2.45, 2.75) is 84.1 Å². The van der Waals surface area contributed by atoms with Crippen LogP contribution in [0.25, 0.3) is 33.3 Å². The molecule has 2 aliphatic rings. The summed E-state index contributed by atoms with van der Waals surface area (Å²) >= 11 is 0. The van der Waals surface area contributed by atoms with Crippen LogP contribution >= 0.6 is 0 Å². The van der Waals surface area contributed by atoms with E-state index >= 15 is 0 Å². The number of piperidine rings is 1. The van der Waals surface area contributed by atoms with Crippen molar-refractivity contribution in [3.05, 3.63) is 77.6 Å². The van der Waals surface area contributed by atoms with Gasteiger partial charge in [0.15, 0.2) is 0 Å². The van der Waals surface area contributed by atoms with Crippen LogP contribution in [0.3, 0.4) is 0 Å². The van der Waals surface area contributed by atoms with E-state index in [-0.39, 0.29) is 30.3 Å². The Bertz CT molecular complexity index is 1760. The molecule has 0 saturated carbocycles. The van der Waals surface area contributed by atoms with Gasteiger partial charge in [0.05, 0.1) is 30.0 Å². The molecule has 8 nitrogen and oxygen atoms in total. The number of nitrogens with two attached hydrogens (primary N) is 1. The second-order valence-corrected chi connectivity index (χ2v) is 13.5. The molecule has 1 saturated heterocycles. The number of rotatable bonds is 4. The quantitative estimate of drug-likeness (QED) is 0.262. The Hall–Kier alpha value is -4.01. The third-order valence-corrected chi connectivity index (χ3v) is 9.63. The zero-order chi connectivity index (χ0) is 32.6. The fourth-order valence-electron chi connectivity index (χ4n) is 7.41. The molecule has 8 heteroatoms. The molecule has 3 atom stereocenters. The molecule has 6 rings (SSSR count). The molecular formula is C38H46N4O4. The molecule has 2 aliphatic heterocycles. The number of pyridine rings is 1. The second kappa shape index (κ2) is 13.0. The summed E-state index contributed by atoms with van der Waals surface area (Å²) in [7, 11) is 1.70. The summed E-state index contributed by atoms with van der Waals surface area (Å²) in [4.78, 5) is 33.5. The summed E-state index contributed by atoms with van der Waals surface area (Å²) in [5, 5.41) is 1.11. The molecule has 0 radical (unpaired) electrons. The number of cyclic esters (lactones) is 1. The molecule has 0 spiro atoms. The zero-order valence-electron chi connectivity index (χ0n) is 27.7. The fraction of sp³-hybridized carbons (Fsp3) is 0.447. The molecule has 2 aromatic carbocycles. The molecule has 0 aliphatic carbocycles. The van der Waals surface area contributed by atoms with Crippen molar-refractivity contribution in [1.29, 1.82) is 0 Å². The molecule has 2 N–H and O–H groups in total. The molecular weight excluding hydrogens is 576 g/mol. The van der Waals surface area contributed by atoms with Gasteiger partial charge in [-0.15, -0.1) is 0 Å². The normalized spacial score (nSPS) is 21.1. The molecule has 1 fully saturated rings. The highest BCUT2D eigenvalue weighted by Crippen LogP contribution is 2.41. The van der Waals surface area contributed by atoms with Crippen LogP contribution in [-0.2, 0) is 38.4 Å². The zero-order valence-corrected chi connectivity index (χ0v) is 27.7. The van der Waals surface area contributed by atoms with Gasteiger partial charge in [-0.05, 0) is 99.4 Å². The lowest BCUT2D eigenvalue weighted by Gasteiger charge is -2.34. The highest BCUT2D eigenvalue weighted by molar-refractivity contribution is 5.95. The van der Waals surface area contributed by atoms with Gasteiger partial charge in [-0.2, -0.15) is 0 Å². The van der Waals surface area contributed by atoms with E-state index in [0.717, 1.165) is 69.5 Å². The molecule has 4 aromatic rings. The number of esters is 1. The Morgan fingerprint density at radius 1 is 1.09 bits per heavy atom. The first kappa shape index (κ1) is 32.0. The Morgan fingerprint density at radius 3 is 2.67 bits per heavy atom. The second-order valence-electron chi connectivity index (χ2n) is 13.5. The first-order valence-electron chi connectivity index (χ1n) is 16.6. The minimum absolute atomic E-state index is 0.0454. The molecule has 1 amide bonds. The molecule has 4 heterocycles. The number of amides is 1. The van der Waals surface area contributed by atoms with Gasteiger partial charge < -0.3 is 24.7 Å². The highest BCUT2D eigenvalue weighted by Gasteiger charge is 2.33. The third-order valence-electron chi connectivity index (χ3n) is 9.63. The molecule has 0 unspecified atom stereocenters. The van der Waals surface area contributed by atoms with Crippen LogP contribution in [-0.4, -0.2) is 58.2 Å². The lowest BCUT2D eigenvalue weighted by molar-refractivity contribution is -0.158. The van der Waals surface area contributed by atoms with E-state index < -0.39 is 11.6 Å². The van der Waals surface area contributed by atoms with Gasteiger partial charge in [-0.25, -0.2) is 0 Å². The number of nitrogens with zero attached hydrogens (tertiary/aromatic N) is 3. The summed E-state index contributed by atoms with van der Waals surface area (Å²) in [6, 6.07) is 18.4. The summed E-state index contributed by atoms with van der Waals surface area (Å²) in [5.74, 6) is -0.243. The Morgan fingerprint density at radius 2 is 1.89 bits per heavy atom. The number of aromatic nitrogens is 2. The van der Waals surface area contributed by atoms with Gasteiger partial charge in [0.1, 0.15) is 5.60 Å². The van der Waals surface area contributed by atoms with Crippen molar-refractivity contribution >= 4 is 22.8 Å². The Kier molecular flexibility index (Phi) is 9.03. The molecule has 2 aromatic heterocycles. The van der Waals surface area contributed by atoms with E-state index in [1.807, 2.05) is 50.1 Å². The van der Waals surface area contributed by atoms with Gasteiger partial charge in [-0.1, -0.05) is 30.3 Å². The number of methoxy groups -OCH3 is 1. The summed E-state index contributed by atoms with van der Waals surface area (Å²) in [5.41, 5.74) is 14.1. The minimum atomic E-state index is -0.790. The van der Waals surface area contributed by atoms with Crippen LogP contribution in [0.15, 0.2) is 60.8 Å². The SMILES string of the molecule is CCn1c(-c2cccnc2[C@H](C)OC)c2c3cc(ccc31)-c1cccc(c1)C[C@H](N)C(=O)N1CCC[C@H](CC(=O)OC(C)(C)C2)C1. The number of carbonyl (C=O) groups excluding carboxylic acids is 2. The van der Waals surface area contributed by atoms with Crippen molar-refractivity contribution in [3.8, 4) is 22.4 Å². The van der Waals surface area contributed by atoms with Crippen molar-refractivity contribution < 1.29 is 19.1 Å². The lowest BCUT2D eigenvalue weighted by Crippen LogP contribution is -2.49. The standard InChI is InChI=1S/C38H46N4O4/c1-6-42-33-15-14-28-21-30(33)31(36(42)29-13-8-16-40-35(29)24(2)45-5)22-38(3,4)46-34(43)20-26-11-9-17-41(23-26)37(44)32(39)19-25-10-7-12-27(28)18-25/h7-8,10,12-16,18,21,24,26,32H,6,9,11,17,19-20,22-23,39H2,1-5H3/t24-,26+,32-/m0/s1. The first-order valence-corrected chi connectivity index (χ1v) is 16.6. The summed E-state index contributed by atoms with van der Waals surface area (Å²) in [6.07, 6.45) is 4.58. The first-order chi connectivity index (χ1) is 22.1. The molecule has 46 heavy (non-hydrogen) atoms. The molecule has 6 bridgehead atoms. The van der Waals surface area contributed by atoms with Crippen molar-refractivity contribution in [3.63, 3.8) is 0 Å². The lowest BCUT2D eigenvalue weighted by atomic mass is 9.90. The number of hydrogen-bond acceptors (Lipinski definition) is 6. The predicted molar refractivity (Wildman–Crippen MR) is 181 cm³/mol. The third kappa shape index (κ3) is 6.33. The van der Waals surface area contributed by atoms with E-state index in [1.165, 1.54) is 0 Å². The van der Waals surface area contributed by atoms with Gasteiger partial charge in [0.2, 0.25) is 5.91 Å². The van der Waals surface area contributed by atoms with Crippen LogP contribution in [0.1, 0.15) is 69.9 Å². The van der Waals surface area contributed by atoms with E-state index in [0.29, 0.717) is 25.9 Å². The monoisotopic (exact) mass is 622 g/mol. The Balaban J connectivity index is 1.55. The average molecular weight is 623 g/mol. The minimum Gasteiger partial charge on any atom is -0.459 e. The fourth-order valence-corrected chi connectivity index (χ4v) is 7.41. The smallest absolute Gasteiger partial charge is 0.306 e. The Labute approximate surface area is 271 Å². The van der Waals surface area contributed by atoms with Gasteiger partial charge in [0.25, 0.3) is 0 Å². The number of benzene rings is 2. The molecule has 242 valence electrons. The van der Waals surface area contributed by atoms with E-state index in [1.54, 1.807) is 7.11 Å². The highest BCUT2D eigenvalue weighted by atomic mass is 16.6. The van der Waals surface area contributed by atoms with Crippen LogP contribution < -0.4 is 5.73 Å². The maximum atomic E-state index is 13.5. The number of carbonyl (C=O) groups is 2. The van der Waals surface area contributed by atoms with E-state index in [4.69, 9.17) is 20.2 Å². The van der Waals surface area contributed by atoms with Crippen LogP contribution in [0.4, 0.5) is 0 Å². The maximum Gasteiger partial charge on any atom is 0.306 e. The van der Waals surface area contributed by atoms with E-state index in [2.05, 4.69) is 47.9 Å². The van der Waals surface area contributed by atoms with Crippen LogP contribution in [0.5, 0.6) is 0 Å². The van der Waals surface area contributed by atoms with Crippen molar-refractivity contribution in [2.24, 2.45) is 11.7 Å². The maximum absolute atomic E-state index is 13.5. The van der Waals surface area contributed by atoms with Gasteiger partial charge in [-0.3, -0.25) is 14.6 Å².